The SMILES string of the molecule is COc1cccc(Cc2cnc(C3CCCCN3Cc3cccc(C(=O)O)c3)o2)c1. The topological polar surface area (TPSA) is 75.8 Å². The molecule has 2 heterocycles. The number of methoxy groups -OCH3 is 1. The molecule has 3 aromatic rings. The zero-order chi connectivity index (χ0) is 20.9. The highest BCUT2D eigenvalue weighted by Gasteiger charge is 2.28. The van der Waals surface area contributed by atoms with Gasteiger partial charge in [0.05, 0.1) is 24.9 Å². The van der Waals surface area contributed by atoms with Crippen LogP contribution in [0.1, 0.15) is 58.4 Å². The molecular weight excluding hydrogens is 380 g/mol. The first-order valence-electron chi connectivity index (χ1n) is 10.3. The van der Waals surface area contributed by atoms with Crippen molar-refractivity contribution in [1.82, 2.24) is 9.88 Å². The number of likely N-dealkylation sites (tertiary alicyclic amines) is 1. The van der Waals surface area contributed by atoms with Gasteiger partial charge in [-0.25, -0.2) is 9.78 Å². The van der Waals surface area contributed by atoms with E-state index in [1.54, 1.807) is 25.3 Å². The van der Waals surface area contributed by atoms with Crippen LogP contribution in [0.2, 0.25) is 0 Å². The number of benzene rings is 2. The number of hydrogen-bond acceptors (Lipinski definition) is 5. The quantitative estimate of drug-likeness (QED) is 0.613. The van der Waals surface area contributed by atoms with Crippen molar-refractivity contribution in [3.63, 3.8) is 0 Å². The normalized spacial score (nSPS) is 17.0. The molecule has 1 atom stereocenters. The number of carboxylic acids is 1. The molecule has 1 saturated heterocycles. The third-order valence-electron chi connectivity index (χ3n) is 5.54. The van der Waals surface area contributed by atoms with Crippen molar-refractivity contribution < 1.29 is 19.1 Å². The van der Waals surface area contributed by atoms with Crippen LogP contribution in [-0.2, 0) is 13.0 Å². The van der Waals surface area contributed by atoms with Crippen molar-refractivity contribution in [2.45, 2.75) is 38.3 Å². The first-order chi connectivity index (χ1) is 14.6. The maximum absolute atomic E-state index is 11.3. The van der Waals surface area contributed by atoms with Gasteiger partial charge in [0.25, 0.3) is 0 Å². The molecule has 0 aliphatic carbocycles. The van der Waals surface area contributed by atoms with Gasteiger partial charge in [-0.1, -0.05) is 30.7 Å². The minimum atomic E-state index is -0.901. The number of hydrogen-bond donors (Lipinski definition) is 1. The molecule has 1 N–H and O–H groups in total. The average molecular weight is 406 g/mol. The second-order valence-electron chi connectivity index (χ2n) is 7.68. The van der Waals surface area contributed by atoms with Crippen LogP contribution in [0.25, 0.3) is 0 Å². The van der Waals surface area contributed by atoms with E-state index in [-0.39, 0.29) is 6.04 Å². The van der Waals surface area contributed by atoms with Crippen molar-refractivity contribution in [1.29, 1.82) is 0 Å². The Bertz CT molecular complexity index is 1010. The summed E-state index contributed by atoms with van der Waals surface area (Å²) in [6.45, 7) is 1.62. The third kappa shape index (κ3) is 4.71. The number of aromatic carboxylic acids is 1. The van der Waals surface area contributed by atoms with Gasteiger partial charge in [0.2, 0.25) is 5.89 Å². The lowest BCUT2D eigenvalue weighted by atomic mass is 10.0. The summed E-state index contributed by atoms with van der Waals surface area (Å²) in [7, 11) is 1.66. The fraction of sp³-hybridized carbons (Fsp3) is 0.333. The molecule has 1 aliphatic heterocycles. The predicted octanol–water partition coefficient (Wildman–Crippen LogP) is 4.70. The number of oxazole rings is 1. The molecule has 0 amide bonds. The minimum absolute atomic E-state index is 0.103. The number of aromatic nitrogens is 1. The lowest BCUT2D eigenvalue weighted by Gasteiger charge is -2.33. The summed E-state index contributed by atoms with van der Waals surface area (Å²) in [5.41, 5.74) is 2.42. The van der Waals surface area contributed by atoms with Crippen molar-refractivity contribution in [3.05, 3.63) is 83.1 Å². The summed E-state index contributed by atoms with van der Waals surface area (Å²) < 4.78 is 11.4. The number of carbonyl (C=O) groups is 1. The monoisotopic (exact) mass is 406 g/mol. The molecule has 6 nitrogen and oxygen atoms in total. The van der Waals surface area contributed by atoms with Crippen LogP contribution in [0.3, 0.4) is 0 Å². The fourth-order valence-electron chi connectivity index (χ4n) is 4.04. The highest BCUT2D eigenvalue weighted by atomic mass is 16.5. The van der Waals surface area contributed by atoms with Gasteiger partial charge in [0.1, 0.15) is 11.5 Å². The van der Waals surface area contributed by atoms with Crippen molar-refractivity contribution in [3.8, 4) is 5.75 Å². The van der Waals surface area contributed by atoms with E-state index in [2.05, 4.69) is 9.88 Å². The Labute approximate surface area is 176 Å². The molecule has 156 valence electrons. The van der Waals surface area contributed by atoms with Crippen molar-refractivity contribution in [2.24, 2.45) is 0 Å². The van der Waals surface area contributed by atoms with Gasteiger partial charge >= 0.3 is 5.97 Å². The first kappa shape index (κ1) is 20.2. The van der Waals surface area contributed by atoms with Gasteiger partial charge in [-0.3, -0.25) is 4.90 Å². The van der Waals surface area contributed by atoms with Crippen LogP contribution in [0, 0.1) is 0 Å². The molecule has 0 spiro atoms. The van der Waals surface area contributed by atoms with E-state index in [1.807, 2.05) is 36.5 Å². The molecule has 1 unspecified atom stereocenters. The van der Waals surface area contributed by atoms with E-state index in [9.17, 15) is 9.90 Å². The fourth-order valence-corrected chi connectivity index (χ4v) is 4.04. The van der Waals surface area contributed by atoms with Gasteiger partial charge < -0.3 is 14.3 Å². The molecule has 1 aromatic heterocycles. The number of nitrogens with zero attached hydrogens (tertiary/aromatic N) is 2. The van der Waals surface area contributed by atoms with E-state index in [1.165, 1.54) is 0 Å². The van der Waals surface area contributed by atoms with E-state index in [0.717, 1.165) is 54.3 Å². The van der Waals surface area contributed by atoms with Gasteiger partial charge in [-0.15, -0.1) is 0 Å². The molecule has 6 heteroatoms. The summed E-state index contributed by atoms with van der Waals surface area (Å²) in [5.74, 6) is 1.50. The highest BCUT2D eigenvalue weighted by Crippen LogP contribution is 2.32. The predicted molar refractivity (Wildman–Crippen MR) is 113 cm³/mol. The van der Waals surface area contributed by atoms with Crippen molar-refractivity contribution in [2.75, 3.05) is 13.7 Å². The van der Waals surface area contributed by atoms with E-state index < -0.39 is 5.97 Å². The summed E-state index contributed by atoms with van der Waals surface area (Å²) in [4.78, 5) is 18.2. The Morgan fingerprint density at radius 2 is 2.03 bits per heavy atom. The second kappa shape index (κ2) is 9.13. The average Bonchev–Trinajstić information content (AvgIpc) is 3.22. The summed E-state index contributed by atoms with van der Waals surface area (Å²) in [5, 5.41) is 9.26. The molecule has 4 rings (SSSR count). The minimum Gasteiger partial charge on any atom is -0.497 e. The third-order valence-corrected chi connectivity index (χ3v) is 5.54. The maximum Gasteiger partial charge on any atom is 0.335 e. The largest absolute Gasteiger partial charge is 0.497 e. The number of ether oxygens (including phenoxy) is 1. The lowest BCUT2D eigenvalue weighted by Crippen LogP contribution is -2.33. The molecule has 1 aliphatic rings. The van der Waals surface area contributed by atoms with Gasteiger partial charge in [-0.05, 0) is 54.8 Å². The molecular formula is C24H26N2O4. The molecule has 2 aromatic carbocycles. The Hall–Kier alpha value is -3.12. The summed E-state index contributed by atoms with van der Waals surface area (Å²) in [6.07, 6.45) is 5.71. The molecule has 1 fully saturated rings. The van der Waals surface area contributed by atoms with Crippen LogP contribution in [0.4, 0.5) is 0 Å². The standard InChI is InChI=1S/C24H26N2O4/c1-29-20-9-5-6-17(13-20)14-21-15-25-23(30-21)22-10-2-3-11-26(22)16-18-7-4-8-19(12-18)24(27)28/h4-9,12-13,15,22H,2-3,10-11,14,16H2,1H3,(H,27,28). The lowest BCUT2D eigenvalue weighted by molar-refractivity contribution is 0.0696. The number of rotatable bonds is 7. The summed E-state index contributed by atoms with van der Waals surface area (Å²) >= 11 is 0. The zero-order valence-electron chi connectivity index (χ0n) is 17.1. The van der Waals surface area contributed by atoms with Gasteiger partial charge in [0.15, 0.2) is 0 Å². The number of piperidine rings is 1. The Morgan fingerprint density at radius 1 is 1.20 bits per heavy atom. The van der Waals surface area contributed by atoms with E-state index >= 15 is 0 Å². The maximum atomic E-state index is 11.3. The molecule has 30 heavy (non-hydrogen) atoms. The van der Waals surface area contributed by atoms with Crippen LogP contribution < -0.4 is 4.74 Å². The smallest absolute Gasteiger partial charge is 0.335 e. The Morgan fingerprint density at radius 3 is 2.87 bits per heavy atom. The van der Waals surface area contributed by atoms with Crippen LogP contribution in [0.15, 0.2) is 59.1 Å². The van der Waals surface area contributed by atoms with Crippen LogP contribution in [0.5, 0.6) is 5.75 Å². The zero-order valence-corrected chi connectivity index (χ0v) is 17.1. The van der Waals surface area contributed by atoms with Crippen LogP contribution >= 0.6 is 0 Å². The van der Waals surface area contributed by atoms with E-state index in [0.29, 0.717) is 18.5 Å². The second-order valence-corrected chi connectivity index (χ2v) is 7.68. The molecule has 0 radical (unpaired) electrons. The first-order valence-corrected chi connectivity index (χ1v) is 10.3. The van der Waals surface area contributed by atoms with Gasteiger partial charge in [0, 0.05) is 13.0 Å². The van der Waals surface area contributed by atoms with Crippen molar-refractivity contribution >= 4 is 5.97 Å². The van der Waals surface area contributed by atoms with E-state index in [4.69, 9.17) is 9.15 Å². The van der Waals surface area contributed by atoms with Crippen LogP contribution in [-0.4, -0.2) is 34.6 Å². The Balaban J connectivity index is 1.49. The highest BCUT2D eigenvalue weighted by molar-refractivity contribution is 5.87. The Kier molecular flexibility index (Phi) is 6.14. The summed E-state index contributed by atoms with van der Waals surface area (Å²) in [6, 6.07) is 15.2. The molecule has 0 bridgehead atoms. The number of carboxylic acid groups (broad SMARTS) is 1. The molecule has 0 saturated carbocycles. The van der Waals surface area contributed by atoms with Gasteiger partial charge in [-0.2, -0.15) is 0 Å².